The number of amides is 1. The van der Waals surface area contributed by atoms with E-state index in [4.69, 9.17) is 5.73 Å². The first kappa shape index (κ1) is 14.3. The van der Waals surface area contributed by atoms with Crippen LogP contribution in [0.15, 0.2) is 41.8 Å². The maximum Gasteiger partial charge on any atom is 0.227 e. The van der Waals surface area contributed by atoms with Crippen LogP contribution in [-0.2, 0) is 4.79 Å². The molecule has 0 radical (unpaired) electrons. The van der Waals surface area contributed by atoms with E-state index >= 15 is 0 Å². The van der Waals surface area contributed by atoms with E-state index in [0.717, 1.165) is 36.9 Å². The molecule has 3 N–H and O–H groups in total. The van der Waals surface area contributed by atoms with Gasteiger partial charge in [0.25, 0.3) is 0 Å². The average Bonchev–Trinajstić information content (AvgIpc) is 3.02. The fourth-order valence-corrected chi connectivity index (χ4v) is 3.63. The Balaban J connectivity index is 1.70. The van der Waals surface area contributed by atoms with Gasteiger partial charge in [0, 0.05) is 22.5 Å². The third kappa shape index (κ3) is 3.52. The Kier molecular flexibility index (Phi) is 4.36. The Bertz CT molecular complexity index is 609. The minimum absolute atomic E-state index is 0.0548. The van der Waals surface area contributed by atoms with Crippen molar-refractivity contribution in [2.75, 3.05) is 5.32 Å². The molecule has 2 aromatic rings. The molecule has 1 aliphatic carbocycles. The van der Waals surface area contributed by atoms with E-state index in [1.54, 1.807) is 11.3 Å². The molecule has 0 spiro atoms. The van der Waals surface area contributed by atoms with E-state index in [-0.39, 0.29) is 17.9 Å². The minimum atomic E-state index is 0.0548. The Morgan fingerprint density at radius 3 is 2.90 bits per heavy atom. The number of hydrogen-bond donors (Lipinski definition) is 2. The van der Waals surface area contributed by atoms with Crippen LogP contribution in [0.5, 0.6) is 0 Å². The summed E-state index contributed by atoms with van der Waals surface area (Å²) in [7, 11) is 0. The largest absolute Gasteiger partial charge is 0.328 e. The van der Waals surface area contributed by atoms with Crippen LogP contribution in [0.3, 0.4) is 0 Å². The molecule has 1 aromatic carbocycles. The van der Waals surface area contributed by atoms with Crippen molar-refractivity contribution < 1.29 is 4.79 Å². The van der Waals surface area contributed by atoms with Crippen LogP contribution >= 0.6 is 11.3 Å². The van der Waals surface area contributed by atoms with Crippen molar-refractivity contribution in [2.45, 2.75) is 31.7 Å². The monoisotopic (exact) mass is 300 g/mol. The highest BCUT2D eigenvalue weighted by Crippen LogP contribution is 2.28. The van der Waals surface area contributed by atoms with E-state index in [1.165, 1.54) is 4.88 Å². The number of rotatable bonds is 3. The van der Waals surface area contributed by atoms with Gasteiger partial charge in [0.2, 0.25) is 5.91 Å². The Morgan fingerprint density at radius 1 is 1.24 bits per heavy atom. The second kappa shape index (κ2) is 6.41. The maximum absolute atomic E-state index is 12.3. The normalized spacial score (nSPS) is 22.0. The van der Waals surface area contributed by atoms with Gasteiger partial charge < -0.3 is 11.1 Å². The standard InChI is InChI=1S/C17H20N2OS/c18-14-6-1-5-13(10-14)17(20)19-15-7-2-4-12(11-15)16-8-3-9-21-16/h2-4,7-9,11,13-14H,1,5-6,10,18H2,(H,19,20). The Labute approximate surface area is 129 Å². The van der Waals surface area contributed by atoms with E-state index in [1.807, 2.05) is 24.3 Å². The fourth-order valence-electron chi connectivity index (χ4n) is 2.90. The maximum atomic E-state index is 12.3. The van der Waals surface area contributed by atoms with E-state index in [9.17, 15) is 4.79 Å². The van der Waals surface area contributed by atoms with Crippen molar-refractivity contribution in [1.82, 2.24) is 0 Å². The lowest BCUT2D eigenvalue weighted by atomic mass is 9.85. The molecule has 3 rings (SSSR count). The number of thiophene rings is 1. The summed E-state index contributed by atoms with van der Waals surface area (Å²) in [6.45, 7) is 0. The smallest absolute Gasteiger partial charge is 0.227 e. The first-order chi connectivity index (χ1) is 10.2. The molecule has 0 saturated heterocycles. The first-order valence-corrected chi connectivity index (χ1v) is 8.31. The van der Waals surface area contributed by atoms with E-state index in [0.29, 0.717) is 0 Å². The minimum Gasteiger partial charge on any atom is -0.328 e. The van der Waals surface area contributed by atoms with Gasteiger partial charge in [0.05, 0.1) is 0 Å². The zero-order valence-corrected chi connectivity index (χ0v) is 12.7. The molecule has 110 valence electrons. The van der Waals surface area contributed by atoms with Gasteiger partial charge in [0.15, 0.2) is 0 Å². The molecule has 0 bridgehead atoms. The molecule has 1 aliphatic rings. The Hall–Kier alpha value is -1.65. The van der Waals surface area contributed by atoms with Gasteiger partial charge in [-0.2, -0.15) is 0 Å². The van der Waals surface area contributed by atoms with Crippen molar-refractivity contribution in [1.29, 1.82) is 0 Å². The number of carbonyl (C=O) groups excluding carboxylic acids is 1. The van der Waals surface area contributed by atoms with Gasteiger partial charge in [-0.15, -0.1) is 11.3 Å². The lowest BCUT2D eigenvalue weighted by molar-refractivity contribution is -0.120. The SMILES string of the molecule is NC1CCCC(C(=O)Nc2cccc(-c3cccs3)c2)C1. The van der Waals surface area contributed by atoms with Crippen LogP contribution in [0.25, 0.3) is 10.4 Å². The lowest BCUT2D eigenvalue weighted by Crippen LogP contribution is -2.34. The van der Waals surface area contributed by atoms with Gasteiger partial charge in [0.1, 0.15) is 0 Å². The van der Waals surface area contributed by atoms with Crippen molar-refractivity contribution >= 4 is 22.9 Å². The van der Waals surface area contributed by atoms with Crippen molar-refractivity contribution in [3.05, 3.63) is 41.8 Å². The van der Waals surface area contributed by atoms with Crippen LogP contribution in [0, 0.1) is 5.92 Å². The van der Waals surface area contributed by atoms with Crippen molar-refractivity contribution in [3.8, 4) is 10.4 Å². The summed E-state index contributed by atoms with van der Waals surface area (Å²) in [6.07, 6.45) is 3.84. The Morgan fingerprint density at radius 2 is 2.14 bits per heavy atom. The van der Waals surface area contributed by atoms with E-state index in [2.05, 4.69) is 22.8 Å². The molecular formula is C17H20N2OS. The molecule has 1 saturated carbocycles. The van der Waals surface area contributed by atoms with Crippen LogP contribution in [0.1, 0.15) is 25.7 Å². The number of hydrogen-bond acceptors (Lipinski definition) is 3. The molecule has 3 nitrogen and oxygen atoms in total. The fraction of sp³-hybridized carbons (Fsp3) is 0.353. The quantitative estimate of drug-likeness (QED) is 0.904. The van der Waals surface area contributed by atoms with E-state index < -0.39 is 0 Å². The molecule has 0 aliphatic heterocycles. The molecule has 4 heteroatoms. The molecule has 21 heavy (non-hydrogen) atoms. The van der Waals surface area contributed by atoms with Gasteiger partial charge in [-0.05, 0) is 48.4 Å². The summed E-state index contributed by atoms with van der Waals surface area (Å²) in [4.78, 5) is 13.6. The van der Waals surface area contributed by atoms with Crippen LogP contribution in [0.2, 0.25) is 0 Å². The predicted octanol–water partition coefficient (Wildman–Crippen LogP) is 3.87. The molecule has 1 heterocycles. The topological polar surface area (TPSA) is 55.1 Å². The van der Waals surface area contributed by atoms with Crippen LogP contribution in [-0.4, -0.2) is 11.9 Å². The average molecular weight is 300 g/mol. The molecule has 1 amide bonds. The van der Waals surface area contributed by atoms with Crippen molar-refractivity contribution in [2.24, 2.45) is 11.7 Å². The number of nitrogens with two attached hydrogens (primary N) is 1. The zero-order valence-electron chi connectivity index (χ0n) is 11.9. The highest BCUT2D eigenvalue weighted by molar-refractivity contribution is 7.13. The van der Waals surface area contributed by atoms with Crippen molar-refractivity contribution in [3.63, 3.8) is 0 Å². The molecular weight excluding hydrogens is 280 g/mol. The first-order valence-electron chi connectivity index (χ1n) is 7.43. The molecule has 2 unspecified atom stereocenters. The number of carbonyl (C=O) groups is 1. The highest BCUT2D eigenvalue weighted by Gasteiger charge is 2.25. The number of anilines is 1. The number of nitrogens with one attached hydrogen (secondary N) is 1. The van der Waals surface area contributed by atoms with Gasteiger partial charge >= 0.3 is 0 Å². The summed E-state index contributed by atoms with van der Waals surface area (Å²) in [5.74, 6) is 0.160. The molecule has 1 aromatic heterocycles. The molecule has 1 fully saturated rings. The van der Waals surface area contributed by atoms with Gasteiger partial charge in [-0.25, -0.2) is 0 Å². The van der Waals surface area contributed by atoms with Gasteiger partial charge in [-0.1, -0.05) is 24.6 Å². The zero-order chi connectivity index (χ0) is 14.7. The summed E-state index contributed by atoms with van der Waals surface area (Å²) in [5, 5.41) is 5.10. The summed E-state index contributed by atoms with van der Waals surface area (Å²) < 4.78 is 0. The highest BCUT2D eigenvalue weighted by atomic mass is 32.1. The third-order valence-electron chi connectivity index (χ3n) is 4.02. The van der Waals surface area contributed by atoms with Gasteiger partial charge in [-0.3, -0.25) is 4.79 Å². The summed E-state index contributed by atoms with van der Waals surface area (Å²) in [6, 6.07) is 12.3. The second-order valence-electron chi connectivity index (χ2n) is 5.67. The summed E-state index contributed by atoms with van der Waals surface area (Å²) >= 11 is 1.70. The predicted molar refractivity (Wildman–Crippen MR) is 88.3 cm³/mol. The lowest BCUT2D eigenvalue weighted by Gasteiger charge is -2.25. The second-order valence-corrected chi connectivity index (χ2v) is 6.62. The summed E-state index contributed by atoms with van der Waals surface area (Å²) in [5.41, 5.74) is 7.97. The van der Waals surface area contributed by atoms with Crippen LogP contribution in [0.4, 0.5) is 5.69 Å². The van der Waals surface area contributed by atoms with Crippen LogP contribution < -0.4 is 11.1 Å². The molecule has 2 atom stereocenters. The number of benzene rings is 1. The third-order valence-corrected chi connectivity index (χ3v) is 4.94.